The van der Waals surface area contributed by atoms with Crippen LogP contribution in [0.3, 0.4) is 0 Å². The van der Waals surface area contributed by atoms with Crippen molar-refractivity contribution >= 4 is 18.0 Å². The maximum absolute atomic E-state index is 11.6. The molecule has 0 saturated heterocycles. The topological polar surface area (TPSA) is 52.6 Å². The van der Waals surface area contributed by atoms with Crippen LogP contribution >= 0.6 is 0 Å². The normalized spacial score (nSPS) is 11.4. The number of aryl methyl sites for hydroxylation is 1. The summed E-state index contributed by atoms with van der Waals surface area (Å²) in [6.07, 6.45) is 7.43. The Morgan fingerprint density at radius 3 is 2.03 bits per heavy atom. The standard InChI is InChI=1S/C26H32O4/c1-4-5-6-8-11-22-14-16-24(17-15-22)19-25(18-23-12-9-7-10-13-23)26(29-20(2)27)30-21(3)28/h7,9-10,12-17,19,26H,4-6,8,11,18H2,1-3H3. The van der Waals surface area contributed by atoms with Crippen LogP contribution < -0.4 is 0 Å². The molecule has 0 aliphatic carbocycles. The number of unbranched alkanes of at least 4 members (excludes halogenated alkanes) is 3. The van der Waals surface area contributed by atoms with Gasteiger partial charge in [0.05, 0.1) is 0 Å². The van der Waals surface area contributed by atoms with Crippen LogP contribution in [0, 0.1) is 0 Å². The van der Waals surface area contributed by atoms with E-state index < -0.39 is 18.2 Å². The molecule has 0 unspecified atom stereocenters. The van der Waals surface area contributed by atoms with Crippen molar-refractivity contribution in [1.29, 1.82) is 0 Å². The van der Waals surface area contributed by atoms with Crippen LogP contribution in [0.2, 0.25) is 0 Å². The first-order valence-corrected chi connectivity index (χ1v) is 10.7. The highest BCUT2D eigenvalue weighted by atomic mass is 16.7. The Morgan fingerprint density at radius 1 is 0.833 bits per heavy atom. The third kappa shape index (κ3) is 8.64. The molecule has 0 heterocycles. The minimum Gasteiger partial charge on any atom is -0.421 e. The summed E-state index contributed by atoms with van der Waals surface area (Å²) in [4.78, 5) is 23.2. The van der Waals surface area contributed by atoms with Gasteiger partial charge in [-0.05, 0) is 35.6 Å². The molecule has 0 fully saturated rings. The Bertz CT molecular complexity index is 806. The second-order valence-electron chi connectivity index (χ2n) is 7.48. The van der Waals surface area contributed by atoms with Gasteiger partial charge in [0.1, 0.15) is 0 Å². The second-order valence-corrected chi connectivity index (χ2v) is 7.48. The first-order chi connectivity index (χ1) is 14.5. The van der Waals surface area contributed by atoms with Gasteiger partial charge in [0, 0.05) is 25.8 Å². The highest BCUT2D eigenvalue weighted by Crippen LogP contribution is 2.21. The summed E-state index contributed by atoms with van der Waals surface area (Å²) in [5.74, 6) is -0.995. The lowest BCUT2D eigenvalue weighted by Crippen LogP contribution is -2.25. The predicted octanol–water partition coefficient (Wildman–Crippen LogP) is 5.89. The highest BCUT2D eigenvalue weighted by Gasteiger charge is 2.21. The van der Waals surface area contributed by atoms with E-state index in [-0.39, 0.29) is 0 Å². The minimum atomic E-state index is -1.05. The van der Waals surface area contributed by atoms with Crippen molar-refractivity contribution in [3.63, 3.8) is 0 Å². The molecule has 2 aromatic carbocycles. The summed E-state index contributed by atoms with van der Waals surface area (Å²) >= 11 is 0. The number of benzene rings is 2. The monoisotopic (exact) mass is 408 g/mol. The number of carbonyl (C=O) groups is 2. The second kappa shape index (κ2) is 12.6. The average Bonchev–Trinajstić information content (AvgIpc) is 2.71. The van der Waals surface area contributed by atoms with Gasteiger partial charge in [-0.25, -0.2) is 0 Å². The smallest absolute Gasteiger partial charge is 0.305 e. The zero-order valence-electron chi connectivity index (χ0n) is 18.2. The Hall–Kier alpha value is -2.88. The lowest BCUT2D eigenvalue weighted by atomic mass is 10.00. The molecular formula is C26H32O4. The molecular weight excluding hydrogens is 376 g/mol. The van der Waals surface area contributed by atoms with Crippen LogP contribution in [0.25, 0.3) is 6.08 Å². The van der Waals surface area contributed by atoms with E-state index in [1.165, 1.54) is 45.1 Å². The molecule has 0 radical (unpaired) electrons. The fraction of sp³-hybridized carbons (Fsp3) is 0.385. The quantitative estimate of drug-likeness (QED) is 0.264. The molecule has 0 amide bonds. The largest absolute Gasteiger partial charge is 0.421 e. The first-order valence-electron chi connectivity index (χ1n) is 10.7. The van der Waals surface area contributed by atoms with E-state index in [1.54, 1.807) is 0 Å². The van der Waals surface area contributed by atoms with Gasteiger partial charge in [-0.1, -0.05) is 80.8 Å². The van der Waals surface area contributed by atoms with Gasteiger partial charge in [-0.3, -0.25) is 9.59 Å². The Labute approximate surface area is 179 Å². The van der Waals surface area contributed by atoms with Crippen LogP contribution in [0.4, 0.5) is 0 Å². The van der Waals surface area contributed by atoms with E-state index in [9.17, 15) is 9.59 Å². The van der Waals surface area contributed by atoms with Gasteiger partial charge in [0.25, 0.3) is 6.29 Å². The van der Waals surface area contributed by atoms with E-state index in [2.05, 4.69) is 31.2 Å². The highest BCUT2D eigenvalue weighted by molar-refractivity contribution is 5.69. The lowest BCUT2D eigenvalue weighted by Gasteiger charge is -2.20. The number of rotatable bonds is 11. The summed E-state index contributed by atoms with van der Waals surface area (Å²) < 4.78 is 10.6. The van der Waals surface area contributed by atoms with Gasteiger partial charge in [-0.15, -0.1) is 0 Å². The molecule has 0 atom stereocenters. The number of carbonyl (C=O) groups excluding carboxylic acids is 2. The van der Waals surface area contributed by atoms with E-state index in [0.29, 0.717) is 12.0 Å². The molecule has 2 rings (SSSR count). The van der Waals surface area contributed by atoms with Crippen molar-refractivity contribution in [1.82, 2.24) is 0 Å². The number of esters is 2. The molecule has 4 nitrogen and oxygen atoms in total. The average molecular weight is 409 g/mol. The van der Waals surface area contributed by atoms with E-state index in [0.717, 1.165) is 17.5 Å². The summed E-state index contributed by atoms with van der Waals surface area (Å²) in [7, 11) is 0. The zero-order valence-corrected chi connectivity index (χ0v) is 18.2. The fourth-order valence-electron chi connectivity index (χ4n) is 3.26. The number of hydrogen-bond acceptors (Lipinski definition) is 4. The van der Waals surface area contributed by atoms with Gasteiger partial charge in [-0.2, -0.15) is 0 Å². The van der Waals surface area contributed by atoms with Gasteiger partial charge in [0.15, 0.2) is 0 Å². The van der Waals surface area contributed by atoms with E-state index in [4.69, 9.17) is 9.47 Å². The molecule has 0 saturated carbocycles. The van der Waals surface area contributed by atoms with E-state index in [1.807, 2.05) is 36.4 Å². The van der Waals surface area contributed by atoms with Crippen molar-refractivity contribution in [2.45, 2.75) is 65.6 Å². The molecule has 0 aliphatic rings. The molecule has 160 valence electrons. The summed E-state index contributed by atoms with van der Waals surface area (Å²) in [5.41, 5.74) is 4.04. The summed E-state index contributed by atoms with van der Waals surface area (Å²) in [6.45, 7) is 4.83. The summed E-state index contributed by atoms with van der Waals surface area (Å²) in [6, 6.07) is 18.2. The van der Waals surface area contributed by atoms with Crippen molar-refractivity contribution in [3.8, 4) is 0 Å². The van der Waals surface area contributed by atoms with Crippen LogP contribution in [-0.4, -0.2) is 18.2 Å². The van der Waals surface area contributed by atoms with Crippen LogP contribution in [0.1, 0.15) is 63.1 Å². The van der Waals surface area contributed by atoms with Crippen molar-refractivity contribution < 1.29 is 19.1 Å². The van der Waals surface area contributed by atoms with Crippen molar-refractivity contribution in [2.24, 2.45) is 0 Å². The van der Waals surface area contributed by atoms with Crippen LogP contribution in [0.5, 0.6) is 0 Å². The molecule has 0 aliphatic heterocycles. The molecule has 4 heteroatoms. The molecule has 0 spiro atoms. The van der Waals surface area contributed by atoms with Crippen molar-refractivity contribution in [3.05, 3.63) is 76.9 Å². The SMILES string of the molecule is CCCCCCc1ccc(C=C(Cc2ccccc2)C(OC(C)=O)OC(C)=O)cc1. The maximum Gasteiger partial charge on any atom is 0.305 e. The third-order valence-electron chi connectivity index (χ3n) is 4.75. The molecule has 0 N–H and O–H groups in total. The predicted molar refractivity (Wildman–Crippen MR) is 120 cm³/mol. The maximum atomic E-state index is 11.6. The molecule has 2 aromatic rings. The molecule has 30 heavy (non-hydrogen) atoms. The van der Waals surface area contributed by atoms with Gasteiger partial charge >= 0.3 is 11.9 Å². The van der Waals surface area contributed by atoms with Crippen molar-refractivity contribution in [2.75, 3.05) is 0 Å². The Kier molecular flexibility index (Phi) is 9.85. The number of hydrogen-bond donors (Lipinski definition) is 0. The summed E-state index contributed by atoms with van der Waals surface area (Å²) in [5, 5.41) is 0. The zero-order chi connectivity index (χ0) is 21.8. The van der Waals surface area contributed by atoms with Crippen LogP contribution in [0.15, 0.2) is 60.2 Å². The number of ether oxygens (including phenoxy) is 2. The minimum absolute atomic E-state index is 0.498. The van der Waals surface area contributed by atoms with E-state index >= 15 is 0 Å². The van der Waals surface area contributed by atoms with Gasteiger partial charge < -0.3 is 9.47 Å². The fourth-order valence-corrected chi connectivity index (χ4v) is 3.26. The third-order valence-corrected chi connectivity index (χ3v) is 4.75. The Morgan fingerprint density at radius 2 is 1.47 bits per heavy atom. The van der Waals surface area contributed by atoms with Crippen LogP contribution in [-0.2, 0) is 31.9 Å². The van der Waals surface area contributed by atoms with Gasteiger partial charge in [0.2, 0.25) is 0 Å². The molecule has 0 aromatic heterocycles. The lowest BCUT2D eigenvalue weighted by molar-refractivity contribution is -0.178. The first kappa shape index (κ1) is 23.4. The Balaban J connectivity index is 2.24. The molecule has 0 bridgehead atoms.